The topological polar surface area (TPSA) is 41.1 Å². The van der Waals surface area contributed by atoms with Gasteiger partial charge in [0, 0.05) is 27.7 Å². The Kier molecular flexibility index (Phi) is 6.76. The molecule has 0 saturated heterocycles. The van der Waals surface area contributed by atoms with Crippen LogP contribution in [0, 0.1) is 11.6 Å². The molecule has 25 heavy (non-hydrogen) atoms. The molecule has 0 saturated carbocycles. The monoisotopic (exact) mass is 386 g/mol. The molecule has 0 aliphatic carbocycles. The first-order valence-electron chi connectivity index (χ1n) is 7.70. The van der Waals surface area contributed by atoms with Crippen LogP contribution in [0.2, 0.25) is 10.0 Å². The minimum absolute atomic E-state index is 0.0203. The molecular formula is C18H18Cl2F2N2O. The predicted molar refractivity (Wildman–Crippen MR) is 95.8 cm³/mol. The van der Waals surface area contributed by atoms with Crippen LogP contribution in [0.3, 0.4) is 0 Å². The van der Waals surface area contributed by atoms with E-state index in [1.165, 1.54) is 12.1 Å². The summed E-state index contributed by atoms with van der Waals surface area (Å²) < 4.78 is 26.7. The van der Waals surface area contributed by atoms with Gasteiger partial charge in [0.25, 0.3) is 0 Å². The average Bonchev–Trinajstić information content (AvgIpc) is 2.52. The van der Waals surface area contributed by atoms with Gasteiger partial charge in [0.1, 0.15) is 11.6 Å². The Morgan fingerprint density at radius 1 is 1.04 bits per heavy atom. The van der Waals surface area contributed by atoms with Crippen molar-refractivity contribution in [1.29, 1.82) is 0 Å². The van der Waals surface area contributed by atoms with E-state index in [-0.39, 0.29) is 18.5 Å². The van der Waals surface area contributed by atoms with Crippen LogP contribution in [0.15, 0.2) is 36.4 Å². The van der Waals surface area contributed by atoms with Crippen LogP contribution in [0.4, 0.5) is 8.78 Å². The van der Waals surface area contributed by atoms with Crippen LogP contribution in [-0.4, -0.2) is 12.5 Å². The van der Waals surface area contributed by atoms with Gasteiger partial charge in [-0.3, -0.25) is 4.79 Å². The van der Waals surface area contributed by atoms with Crippen molar-refractivity contribution >= 4 is 29.1 Å². The number of rotatable bonds is 6. The molecule has 0 unspecified atom stereocenters. The number of amides is 1. The molecule has 2 atom stereocenters. The fourth-order valence-corrected chi connectivity index (χ4v) is 3.00. The molecule has 2 rings (SSSR count). The lowest BCUT2D eigenvalue weighted by atomic mass is 10.1. The lowest BCUT2D eigenvalue weighted by Gasteiger charge is -2.18. The Morgan fingerprint density at radius 3 is 2.36 bits per heavy atom. The van der Waals surface area contributed by atoms with Gasteiger partial charge in [0.05, 0.1) is 12.6 Å². The Bertz CT molecular complexity index is 771. The molecule has 134 valence electrons. The van der Waals surface area contributed by atoms with Crippen molar-refractivity contribution in [3.63, 3.8) is 0 Å². The Morgan fingerprint density at radius 2 is 1.72 bits per heavy atom. The summed E-state index contributed by atoms with van der Waals surface area (Å²) in [4.78, 5) is 12.1. The van der Waals surface area contributed by atoms with Crippen molar-refractivity contribution in [3.8, 4) is 0 Å². The molecule has 2 N–H and O–H groups in total. The first kappa shape index (κ1) is 19.6. The molecule has 2 aromatic rings. The summed E-state index contributed by atoms with van der Waals surface area (Å²) in [6.07, 6.45) is 0. The molecule has 0 fully saturated rings. The zero-order chi connectivity index (χ0) is 18.6. The third-order valence-corrected chi connectivity index (χ3v) is 4.37. The normalized spacial score (nSPS) is 13.4. The third kappa shape index (κ3) is 5.39. The van der Waals surface area contributed by atoms with Crippen LogP contribution in [0.25, 0.3) is 0 Å². The summed E-state index contributed by atoms with van der Waals surface area (Å²) in [6.45, 7) is 3.48. The van der Waals surface area contributed by atoms with Gasteiger partial charge in [-0.15, -0.1) is 0 Å². The summed E-state index contributed by atoms with van der Waals surface area (Å²) in [5.74, 6) is -1.56. The zero-order valence-corrected chi connectivity index (χ0v) is 15.3. The molecule has 3 nitrogen and oxygen atoms in total. The SMILES string of the molecule is C[C@H](NC(=O)CN[C@H](C)c1ccc(F)cc1F)c1ccc(Cl)cc1Cl. The summed E-state index contributed by atoms with van der Waals surface area (Å²) >= 11 is 12.0. The number of carbonyl (C=O) groups is 1. The summed E-state index contributed by atoms with van der Waals surface area (Å²) in [7, 11) is 0. The van der Waals surface area contributed by atoms with Crippen molar-refractivity contribution in [2.75, 3.05) is 6.54 Å². The van der Waals surface area contributed by atoms with Crippen molar-refractivity contribution in [2.45, 2.75) is 25.9 Å². The van der Waals surface area contributed by atoms with E-state index in [2.05, 4.69) is 10.6 Å². The van der Waals surface area contributed by atoms with Gasteiger partial charge in [-0.25, -0.2) is 8.78 Å². The molecule has 0 heterocycles. The standard InChI is InChI=1S/C18H18Cl2F2N2O/c1-10(15-6-4-13(21)8-17(15)22)23-9-18(25)24-11(2)14-5-3-12(19)7-16(14)20/h3-8,10-11,23H,9H2,1-2H3,(H,24,25)/t10-,11+/m1/s1. The maximum absolute atomic E-state index is 13.7. The Labute approximate surface area is 155 Å². The minimum atomic E-state index is -0.651. The third-order valence-electron chi connectivity index (χ3n) is 3.80. The van der Waals surface area contributed by atoms with Crippen LogP contribution < -0.4 is 10.6 Å². The molecule has 0 aliphatic rings. The molecular weight excluding hydrogens is 369 g/mol. The van der Waals surface area contributed by atoms with E-state index in [9.17, 15) is 13.6 Å². The summed E-state index contributed by atoms with van der Waals surface area (Å²) in [5, 5.41) is 6.70. The average molecular weight is 387 g/mol. The lowest BCUT2D eigenvalue weighted by molar-refractivity contribution is -0.121. The van der Waals surface area contributed by atoms with E-state index in [0.29, 0.717) is 15.6 Å². The molecule has 1 amide bonds. The summed E-state index contributed by atoms with van der Waals surface area (Å²) in [5.41, 5.74) is 1.04. The van der Waals surface area contributed by atoms with Crippen molar-refractivity contribution in [1.82, 2.24) is 10.6 Å². The predicted octanol–water partition coefficient (Wildman–Crippen LogP) is 4.80. The molecule has 0 aromatic heterocycles. The van der Waals surface area contributed by atoms with Gasteiger partial charge in [0.15, 0.2) is 0 Å². The van der Waals surface area contributed by atoms with Crippen molar-refractivity contribution in [3.05, 3.63) is 69.2 Å². The number of nitrogens with one attached hydrogen (secondary N) is 2. The quantitative estimate of drug-likeness (QED) is 0.748. The van der Waals surface area contributed by atoms with E-state index in [0.717, 1.165) is 11.6 Å². The number of carbonyl (C=O) groups excluding carboxylic acids is 1. The highest BCUT2D eigenvalue weighted by Gasteiger charge is 2.15. The fraction of sp³-hybridized carbons (Fsp3) is 0.278. The molecule has 0 spiro atoms. The molecule has 0 radical (unpaired) electrons. The van der Waals surface area contributed by atoms with Gasteiger partial charge in [-0.05, 0) is 37.6 Å². The van der Waals surface area contributed by atoms with Gasteiger partial charge >= 0.3 is 0 Å². The molecule has 2 aromatic carbocycles. The number of hydrogen-bond acceptors (Lipinski definition) is 2. The van der Waals surface area contributed by atoms with Crippen molar-refractivity contribution < 1.29 is 13.6 Å². The van der Waals surface area contributed by atoms with Crippen LogP contribution in [-0.2, 0) is 4.79 Å². The maximum atomic E-state index is 13.7. The van der Waals surface area contributed by atoms with Crippen LogP contribution >= 0.6 is 23.2 Å². The molecule has 0 aliphatic heterocycles. The van der Waals surface area contributed by atoms with E-state index in [4.69, 9.17) is 23.2 Å². The smallest absolute Gasteiger partial charge is 0.234 e. The van der Waals surface area contributed by atoms with E-state index in [1.54, 1.807) is 32.0 Å². The largest absolute Gasteiger partial charge is 0.348 e. The second-order valence-corrected chi connectivity index (χ2v) is 6.57. The first-order chi connectivity index (χ1) is 11.8. The van der Waals surface area contributed by atoms with Gasteiger partial charge in [-0.1, -0.05) is 35.3 Å². The summed E-state index contributed by atoms with van der Waals surface area (Å²) in [6, 6.07) is 7.66. The highest BCUT2D eigenvalue weighted by atomic mass is 35.5. The number of halogens is 4. The van der Waals surface area contributed by atoms with Crippen LogP contribution in [0.5, 0.6) is 0 Å². The van der Waals surface area contributed by atoms with E-state index < -0.39 is 17.7 Å². The first-order valence-corrected chi connectivity index (χ1v) is 8.46. The molecule has 0 bridgehead atoms. The number of hydrogen-bond donors (Lipinski definition) is 2. The number of benzene rings is 2. The second kappa shape index (κ2) is 8.61. The van der Waals surface area contributed by atoms with Gasteiger partial charge in [-0.2, -0.15) is 0 Å². The maximum Gasteiger partial charge on any atom is 0.234 e. The van der Waals surface area contributed by atoms with Gasteiger partial charge < -0.3 is 10.6 Å². The minimum Gasteiger partial charge on any atom is -0.348 e. The van der Waals surface area contributed by atoms with Crippen LogP contribution in [0.1, 0.15) is 37.1 Å². The fourth-order valence-electron chi connectivity index (χ4n) is 2.43. The Balaban J connectivity index is 1.91. The van der Waals surface area contributed by atoms with Crippen molar-refractivity contribution in [2.24, 2.45) is 0 Å². The lowest BCUT2D eigenvalue weighted by Crippen LogP contribution is -2.36. The highest BCUT2D eigenvalue weighted by Crippen LogP contribution is 2.26. The highest BCUT2D eigenvalue weighted by molar-refractivity contribution is 6.35. The zero-order valence-electron chi connectivity index (χ0n) is 13.7. The molecule has 7 heteroatoms. The second-order valence-electron chi connectivity index (χ2n) is 5.72. The Hall–Kier alpha value is -1.69. The van der Waals surface area contributed by atoms with E-state index >= 15 is 0 Å². The van der Waals surface area contributed by atoms with E-state index in [1.807, 2.05) is 0 Å². The van der Waals surface area contributed by atoms with Gasteiger partial charge in [0.2, 0.25) is 5.91 Å².